The largest absolute Gasteiger partial charge is 0.367 e. The van der Waals surface area contributed by atoms with E-state index in [1.54, 1.807) is 0 Å². The zero-order valence-corrected chi connectivity index (χ0v) is 16.0. The zero-order valence-electron chi connectivity index (χ0n) is 16.0. The van der Waals surface area contributed by atoms with Crippen molar-refractivity contribution in [1.82, 2.24) is 25.5 Å². The van der Waals surface area contributed by atoms with Gasteiger partial charge in [-0.25, -0.2) is 4.98 Å². The van der Waals surface area contributed by atoms with Crippen molar-refractivity contribution in [2.45, 2.75) is 50.6 Å². The maximum atomic E-state index is 4.75. The fourth-order valence-electron chi connectivity index (χ4n) is 4.33. The van der Waals surface area contributed by atoms with E-state index in [-0.39, 0.29) is 0 Å². The van der Waals surface area contributed by atoms with E-state index in [0.717, 1.165) is 59.9 Å². The third kappa shape index (κ3) is 3.67. The van der Waals surface area contributed by atoms with E-state index < -0.39 is 0 Å². The van der Waals surface area contributed by atoms with Crippen LogP contribution in [0.3, 0.4) is 0 Å². The number of hydrogen-bond acceptors (Lipinski definition) is 6. The number of pyridine rings is 1. The average molecular weight is 377 g/mol. The van der Waals surface area contributed by atoms with E-state index in [0.29, 0.717) is 12.1 Å². The van der Waals surface area contributed by atoms with Gasteiger partial charge >= 0.3 is 0 Å². The Hall–Kier alpha value is -2.67. The summed E-state index contributed by atoms with van der Waals surface area (Å²) in [7, 11) is 0. The minimum absolute atomic E-state index is 0.457. The predicted molar refractivity (Wildman–Crippen MR) is 113 cm³/mol. The van der Waals surface area contributed by atoms with Crippen molar-refractivity contribution in [2.24, 2.45) is 0 Å². The zero-order chi connectivity index (χ0) is 18.8. The van der Waals surface area contributed by atoms with Crippen LogP contribution < -0.4 is 16.0 Å². The lowest BCUT2D eigenvalue weighted by molar-refractivity contribution is 0.478. The number of hydrogen-bond donors (Lipinski definition) is 4. The van der Waals surface area contributed by atoms with Gasteiger partial charge < -0.3 is 20.9 Å². The predicted octanol–water partition coefficient (Wildman–Crippen LogP) is 3.54. The van der Waals surface area contributed by atoms with E-state index >= 15 is 0 Å². The van der Waals surface area contributed by atoms with Crippen LogP contribution in [0.5, 0.6) is 0 Å². The van der Waals surface area contributed by atoms with Crippen molar-refractivity contribution >= 4 is 22.7 Å². The number of anilines is 2. The number of nitrogens with one attached hydrogen (secondary N) is 4. The minimum atomic E-state index is 0.457. The second kappa shape index (κ2) is 7.75. The molecule has 0 amide bonds. The van der Waals surface area contributed by atoms with Gasteiger partial charge in [-0.05, 0) is 63.0 Å². The number of fused-ring (bicyclic) bond motifs is 1. The molecule has 3 aromatic heterocycles. The van der Waals surface area contributed by atoms with Crippen LogP contribution in [0.15, 0.2) is 30.5 Å². The Morgan fingerprint density at radius 3 is 2.43 bits per heavy atom. The van der Waals surface area contributed by atoms with Crippen LogP contribution in [-0.4, -0.2) is 45.3 Å². The summed E-state index contributed by atoms with van der Waals surface area (Å²) < 4.78 is 0. The monoisotopic (exact) mass is 377 g/mol. The summed E-state index contributed by atoms with van der Waals surface area (Å²) in [5, 5.41) is 20.5. The van der Waals surface area contributed by atoms with Crippen molar-refractivity contribution in [1.29, 1.82) is 0 Å². The van der Waals surface area contributed by atoms with Gasteiger partial charge in [0.1, 0.15) is 17.3 Å². The number of aromatic nitrogens is 4. The van der Waals surface area contributed by atoms with Crippen molar-refractivity contribution < 1.29 is 0 Å². The molecule has 146 valence electrons. The van der Waals surface area contributed by atoms with Crippen LogP contribution in [0.1, 0.15) is 38.5 Å². The SMILES string of the molecule is c1cc2c(-c3ccc(NC4CCCC4)nn3)cc(NC3CCNCC3)nc2[nH]1. The molecule has 2 aliphatic rings. The normalized spacial score (nSPS) is 18.6. The molecule has 1 saturated heterocycles. The molecule has 1 aliphatic heterocycles. The van der Waals surface area contributed by atoms with Crippen molar-refractivity contribution in [3.63, 3.8) is 0 Å². The first-order valence-electron chi connectivity index (χ1n) is 10.4. The van der Waals surface area contributed by atoms with Gasteiger partial charge in [0.2, 0.25) is 0 Å². The summed E-state index contributed by atoms with van der Waals surface area (Å²) in [5.41, 5.74) is 2.81. The lowest BCUT2D eigenvalue weighted by Gasteiger charge is -2.24. The number of rotatable bonds is 5. The van der Waals surface area contributed by atoms with Gasteiger partial charge in [-0.1, -0.05) is 12.8 Å². The molecule has 0 radical (unpaired) electrons. The standard InChI is InChI=1S/C21H27N7/c1-2-4-14(3-1)24-19-6-5-18(27-28-19)17-13-20(25-15-7-10-22-11-8-15)26-21-16(17)9-12-23-21/h5-6,9,12-15,22H,1-4,7-8,10-11H2,(H,24,28)(H2,23,25,26). The third-order valence-electron chi connectivity index (χ3n) is 5.87. The summed E-state index contributed by atoms with van der Waals surface area (Å²) in [6.07, 6.45) is 9.21. The molecule has 7 heteroatoms. The molecule has 0 unspecified atom stereocenters. The van der Waals surface area contributed by atoms with Crippen LogP contribution in [0.4, 0.5) is 11.6 Å². The molecule has 28 heavy (non-hydrogen) atoms. The summed E-state index contributed by atoms with van der Waals surface area (Å²) in [6.45, 7) is 2.10. The molecule has 0 bridgehead atoms. The Morgan fingerprint density at radius 2 is 1.64 bits per heavy atom. The Balaban J connectivity index is 1.41. The van der Waals surface area contributed by atoms with Crippen LogP contribution in [0, 0.1) is 0 Å². The Morgan fingerprint density at radius 1 is 0.857 bits per heavy atom. The highest BCUT2D eigenvalue weighted by molar-refractivity contribution is 5.93. The van der Waals surface area contributed by atoms with E-state index in [1.807, 2.05) is 12.3 Å². The lowest BCUT2D eigenvalue weighted by Crippen LogP contribution is -2.35. The highest BCUT2D eigenvalue weighted by Gasteiger charge is 2.17. The third-order valence-corrected chi connectivity index (χ3v) is 5.87. The second-order valence-electron chi connectivity index (χ2n) is 7.89. The van der Waals surface area contributed by atoms with Crippen LogP contribution >= 0.6 is 0 Å². The molecule has 4 N–H and O–H groups in total. The van der Waals surface area contributed by atoms with E-state index in [4.69, 9.17) is 4.98 Å². The molecule has 0 aromatic carbocycles. The number of aromatic amines is 1. The quantitative estimate of drug-likeness (QED) is 0.544. The Kier molecular flexibility index (Phi) is 4.83. The molecular formula is C21H27N7. The molecular weight excluding hydrogens is 350 g/mol. The van der Waals surface area contributed by atoms with Crippen molar-refractivity contribution in [2.75, 3.05) is 23.7 Å². The van der Waals surface area contributed by atoms with E-state index in [9.17, 15) is 0 Å². The molecule has 1 saturated carbocycles. The highest BCUT2D eigenvalue weighted by atomic mass is 15.2. The first kappa shape index (κ1) is 17.4. The maximum Gasteiger partial charge on any atom is 0.148 e. The van der Waals surface area contributed by atoms with Gasteiger partial charge in [0.25, 0.3) is 0 Å². The second-order valence-corrected chi connectivity index (χ2v) is 7.89. The molecule has 5 rings (SSSR count). The van der Waals surface area contributed by atoms with E-state index in [1.165, 1.54) is 25.7 Å². The summed E-state index contributed by atoms with van der Waals surface area (Å²) >= 11 is 0. The van der Waals surface area contributed by atoms with Crippen molar-refractivity contribution in [3.8, 4) is 11.3 Å². The number of piperidine rings is 1. The first-order chi connectivity index (χ1) is 13.8. The van der Waals surface area contributed by atoms with Crippen molar-refractivity contribution in [3.05, 3.63) is 30.5 Å². The van der Waals surface area contributed by atoms with Gasteiger partial charge in [-0.2, -0.15) is 0 Å². The highest BCUT2D eigenvalue weighted by Crippen LogP contribution is 2.29. The summed E-state index contributed by atoms with van der Waals surface area (Å²) in [4.78, 5) is 8.00. The van der Waals surface area contributed by atoms with Gasteiger partial charge in [-0.3, -0.25) is 0 Å². The fraction of sp³-hybridized carbons (Fsp3) is 0.476. The van der Waals surface area contributed by atoms with Crippen LogP contribution in [-0.2, 0) is 0 Å². The minimum Gasteiger partial charge on any atom is -0.367 e. The van der Waals surface area contributed by atoms with Gasteiger partial charge in [0.15, 0.2) is 0 Å². The topological polar surface area (TPSA) is 90.6 Å². The van der Waals surface area contributed by atoms with Gasteiger partial charge in [0, 0.05) is 29.2 Å². The van der Waals surface area contributed by atoms with E-state index in [2.05, 4.69) is 49.3 Å². The van der Waals surface area contributed by atoms with Crippen LogP contribution in [0.25, 0.3) is 22.3 Å². The Labute approximate surface area is 164 Å². The molecule has 0 atom stereocenters. The molecule has 7 nitrogen and oxygen atoms in total. The molecule has 2 fully saturated rings. The number of H-pyrrole nitrogens is 1. The first-order valence-corrected chi connectivity index (χ1v) is 10.4. The maximum absolute atomic E-state index is 4.75. The molecule has 3 aromatic rings. The Bertz CT molecular complexity index is 922. The summed E-state index contributed by atoms with van der Waals surface area (Å²) in [5.74, 6) is 1.76. The fourth-order valence-corrected chi connectivity index (χ4v) is 4.33. The van der Waals surface area contributed by atoms with Gasteiger partial charge in [0.05, 0.1) is 5.69 Å². The van der Waals surface area contributed by atoms with Crippen LogP contribution in [0.2, 0.25) is 0 Å². The smallest absolute Gasteiger partial charge is 0.148 e. The molecule has 1 aliphatic carbocycles. The molecule has 4 heterocycles. The summed E-state index contributed by atoms with van der Waals surface area (Å²) in [6, 6.07) is 9.25. The number of nitrogens with zero attached hydrogens (tertiary/aromatic N) is 3. The van der Waals surface area contributed by atoms with Gasteiger partial charge in [-0.15, -0.1) is 10.2 Å². The lowest BCUT2D eigenvalue weighted by atomic mass is 10.1. The molecule has 0 spiro atoms. The average Bonchev–Trinajstić information content (AvgIpc) is 3.41.